The number of ketones is 1. The van der Waals surface area contributed by atoms with E-state index < -0.39 is 10.4 Å². The molecule has 1 rings (SSSR count). The van der Waals surface area contributed by atoms with E-state index in [0.717, 1.165) is 44.1 Å². The van der Waals surface area contributed by atoms with E-state index in [1.165, 1.54) is 0 Å². The normalized spacial score (nSPS) is 19.9. The second kappa shape index (κ2) is 6.29. The molecule has 0 aromatic rings. The minimum atomic E-state index is -4.41. The Kier molecular flexibility index (Phi) is 6.09. The van der Waals surface area contributed by atoms with Crippen molar-refractivity contribution in [3.63, 3.8) is 0 Å². The standard InChI is InChI=1S/C8H16NO.CH4O4S/c1-3-9(2)6-4-8(10)5-7-9;1-5-6(2,3)4/h3-7H2,1-2H3;1H3,(H,2,3,4)/q+1;/p-1. The van der Waals surface area contributed by atoms with Crippen LogP contribution in [-0.4, -0.2) is 57.0 Å². The Bertz CT molecular complexity index is 315. The van der Waals surface area contributed by atoms with Crippen molar-refractivity contribution in [3.8, 4) is 0 Å². The fraction of sp³-hybridized carbons (Fsp3) is 0.889. The molecule has 16 heavy (non-hydrogen) atoms. The zero-order valence-corrected chi connectivity index (χ0v) is 10.7. The summed E-state index contributed by atoms with van der Waals surface area (Å²) in [6, 6.07) is 0. The van der Waals surface area contributed by atoms with E-state index in [2.05, 4.69) is 18.2 Å². The lowest BCUT2D eigenvalue weighted by molar-refractivity contribution is -0.909. The van der Waals surface area contributed by atoms with Gasteiger partial charge in [-0.15, -0.1) is 0 Å². The second-order valence-electron chi connectivity index (χ2n) is 4.00. The van der Waals surface area contributed by atoms with E-state index in [4.69, 9.17) is 0 Å². The minimum Gasteiger partial charge on any atom is -0.726 e. The Morgan fingerprint density at radius 2 is 1.75 bits per heavy atom. The third-order valence-corrected chi connectivity index (χ3v) is 3.24. The predicted molar refractivity (Wildman–Crippen MR) is 57.4 cm³/mol. The zero-order valence-electron chi connectivity index (χ0n) is 9.93. The third kappa shape index (κ3) is 6.89. The lowest BCUT2D eigenvalue weighted by Crippen LogP contribution is -2.49. The van der Waals surface area contributed by atoms with Crippen LogP contribution in [0.4, 0.5) is 0 Å². The number of piperidine rings is 1. The van der Waals surface area contributed by atoms with Gasteiger partial charge in [0, 0.05) is 0 Å². The molecule has 1 fully saturated rings. The maximum absolute atomic E-state index is 10.9. The first kappa shape index (κ1) is 15.5. The quantitative estimate of drug-likeness (QED) is 0.390. The highest BCUT2D eigenvalue weighted by Gasteiger charge is 2.26. The number of rotatable bonds is 2. The monoisotopic (exact) mass is 253 g/mol. The van der Waals surface area contributed by atoms with Gasteiger partial charge in [-0.2, -0.15) is 0 Å². The number of Topliss-reactive ketones (excluding diaryl/α,β-unsaturated/α-hetero) is 1. The molecule has 6 nitrogen and oxygen atoms in total. The number of carbonyl (C=O) groups is 1. The van der Waals surface area contributed by atoms with Crippen molar-refractivity contribution in [2.75, 3.05) is 33.8 Å². The Morgan fingerprint density at radius 1 is 1.38 bits per heavy atom. The van der Waals surface area contributed by atoms with Crippen LogP contribution in [0.25, 0.3) is 0 Å². The van der Waals surface area contributed by atoms with Crippen LogP contribution in [0.15, 0.2) is 0 Å². The molecule has 0 aliphatic carbocycles. The van der Waals surface area contributed by atoms with Gasteiger partial charge >= 0.3 is 0 Å². The van der Waals surface area contributed by atoms with Crippen molar-refractivity contribution in [1.82, 2.24) is 0 Å². The Morgan fingerprint density at radius 3 is 2.00 bits per heavy atom. The van der Waals surface area contributed by atoms with Gasteiger partial charge in [0.2, 0.25) is 10.4 Å². The van der Waals surface area contributed by atoms with Crippen molar-refractivity contribution < 1.29 is 26.4 Å². The number of hydrogen-bond acceptors (Lipinski definition) is 5. The molecule has 1 aliphatic rings. The molecule has 1 aliphatic heterocycles. The van der Waals surface area contributed by atoms with Crippen LogP contribution in [0, 0.1) is 0 Å². The van der Waals surface area contributed by atoms with E-state index >= 15 is 0 Å². The number of nitrogens with zero attached hydrogens (tertiary/aromatic N) is 1. The van der Waals surface area contributed by atoms with Crippen molar-refractivity contribution in [2.45, 2.75) is 19.8 Å². The molecule has 0 unspecified atom stereocenters. The number of quaternary nitrogens is 1. The molecule has 7 heteroatoms. The topological polar surface area (TPSA) is 83.5 Å². The van der Waals surface area contributed by atoms with E-state index in [1.807, 2.05) is 0 Å². The Hall–Kier alpha value is -0.500. The first-order valence-electron chi connectivity index (χ1n) is 5.09. The largest absolute Gasteiger partial charge is 0.726 e. The number of hydrogen-bond donors (Lipinski definition) is 0. The van der Waals surface area contributed by atoms with Crippen LogP contribution in [0.1, 0.15) is 19.8 Å². The van der Waals surface area contributed by atoms with Gasteiger partial charge in [-0.3, -0.25) is 8.98 Å². The van der Waals surface area contributed by atoms with Gasteiger partial charge in [0.1, 0.15) is 5.78 Å². The van der Waals surface area contributed by atoms with E-state index in [1.54, 1.807) is 0 Å². The molecule has 0 atom stereocenters. The molecule has 1 heterocycles. The van der Waals surface area contributed by atoms with Gasteiger partial charge in [-0.25, -0.2) is 8.42 Å². The van der Waals surface area contributed by atoms with Crippen LogP contribution >= 0.6 is 0 Å². The number of carbonyl (C=O) groups excluding carboxylic acids is 1. The molecule has 0 saturated carbocycles. The average Bonchev–Trinajstić information content (AvgIpc) is 2.23. The second-order valence-corrected chi connectivity index (χ2v) is 5.15. The summed E-state index contributed by atoms with van der Waals surface area (Å²) >= 11 is 0. The van der Waals surface area contributed by atoms with Crippen molar-refractivity contribution in [3.05, 3.63) is 0 Å². The smallest absolute Gasteiger partial charge is 0.217 e. The molecule has 0 aromatic heterocycles. The first-order valence-corrected chi connectivity index (χ1v) is 6.42. The van der Waals surface area contributed by atoms with Gasteiger partial charge in [0.15, 0.2) is 0 Å². The molecule has 0 spiro atoms. The zero-order chi connectivity index (χ0) is 12.8. The summed E-state index contributed by atoms with van der Waals surface area (Å²) in [6.07, 6.45) is 1.59. The highest BCUT2D eigenvalue weighted by molar-refractivity contribution is 7.80. The maximum Gasteiger partial charge on any atom is 0.217 e. The molecule has 1 saturated heterocycles. The molecular weight excluding hydrogens is 234 g/mol. The summed E-state index contributed by atoms with van der Waals surface area (Å²) in [6.45, 7) is 5.45. The van der Waals surface area contributed by atoms with E-state index in [-0.39, 0.29) is 0 Å². The third-order valence-electron chi connectivity index (χ3n) is 2.83. The van der Waals surface area contributed by atoms with Crippen LogP contribution < -0.4 is 0 Å². The van der Waals surface area contributed by atoms with Crippen molar-refractivity contribution in [1.29, 1.82) is 0 Å². The van der Waals surface area contributed by atoms with Gasteiger partial charge in [0.25, 0.3) is 0 Å². The summed E-state index contributed by atoms with van der Waals surface area (Å²) in [5.74, 6) is 0.448. The van der Waals surface area contributed by atoms with Crippen molar-refractivity contribution in [2.24, 2.45) is 0 Å². The molecular formula is C9H19NO5S. The molecule has 0 radical (unpaired) electrons. The summed E-state index contributed by atoms with van der Waals surface area (Å²) in [7, 11) is -1.38. The fourth-order valence-electron chi connectivity index (χ4n) is 1.34. The lowest BCUT2D eigenvalue weighted by Gasteiger charge is -2.36. The SMILES string of the molecule is CC[N+]1(C)CCC(=O)CC1.COS(=O)(=O)[O-]. The Labute approximate surface area is 96.7 Å². The molecule has 0 aromatic carbocycles. The highest BCUT2D eigenvalue weighted by atomic mass is 32.3. The van der Waals surface area contributed by atoms with Crippen LogP contribution in [0.3, 0.4) is 0 Å². The van der Waals surface area contributed by atoms with Gasteiger partial charge < -0.3 is 9.04 Å². The highest BCUT2D eigenvalue weighted by Crippen LogP contribution is 2.12. The Balaban J connectivity index is 0.000000325. The summed E-state index contributed by atoms with van der Waals surface area (Å²) in [5.41, 5.74) is 0. The summed E-state index contributed by atoms with van der Waals surface area (Å²) in [5, 5.41) is 0. The number of likely N-dealkylation sites (tertiary alicyclic amines) is 1. The first-order chi connectivity index (χ1) is 7.22. The summed E-state index contributed by atoms with van der Waals surface area (Å²) < 4.78 is 32.1. The maximum atomic E-state index is 10.9. The van der Waals surface area contributed by atoms with Crippen LogP contribution in [0.5, 0.6) is 0 Å². The van der Waals surface area contributed by atoms with Gasteiger partial charge in [0.05, 0.1) is 46.6 Å². The van der Waals surface area contributed by atoms with Crippen LogP contribution in [0.2, 0.25) is 0 Å². The molecule has 0 N–H and O–H groups in total. The van der Waals surface area contributed by atoms with E-state index in [0.29, 0.717) is 5.78 Å². The van der Waals surface area contributed by atoms with Crippen LogP contribution in [-0.2, 0) is 19.4 Å². The molecule has 96 valence electrons. The summed E-state index contributed by atoms with van der Waals surface area (Å²) in [4.78, 5) is 10.9. The van der Waals surface area contributed by atoms with Gasteiger partial charge in [-0.1, -0.05) is 0 Å². The van der Waals surface area contributed by atoms with E-state index in [9.17, 15) is 17.8 Å². The van der Waals surface area contributed by atoms with Crippen molar-refractivity contribution >= 4 is 16.2 Å². The van der Waals surface area contributed by atoms with Gasteiger partial charge in [-0.05, 0) is 6.92 Å². The average molecular weight is 253 g/mol. The lowest BCUT2D eigenvalue weighted by atomic mass is 10.1. The fourth-order valence-corrected chi connectivity index (χ4v) is 1.34. The minimum absolute atomic E-state index is 0.448. The molecule has 0 amide bonds. The predicted octanol–water partition coefficient (Wildman–Crippen LogP) is -0.0912. The molecule has 0 bridgehead atoms.